The molecule has 1 heterocycles. The second-order valence-electron chi connectivity index (χ2n) is 3.47. The number of rotatable bonds is 3. The smallest absolute Gasteiger partial charge is 0.139 e. The molecule has 0 bridgehead atoms. The molecular weight excluding hydrogens is 259 g/mol. The molecule has 2 N–H and O–H groups in total. The molecule has 0 aliphatic carbocycles. The van der Waals surface area contributed by atoms with Crippen LogP contribution in [-0.4, -0.2) is 4.98 Å². The first-order valence-electron chi connectivity index (χ1n) is 4.92. The maximum Gasteiger partial charge on any atom is 0.139 e. The van der Waals surface area contributed by atoms with Gasteiger partial charge >= 0.3 is 0 Å². The van der Waals surface area contributed by atoms with Crippen molar-refractivity contribution < 1.29 is 4.74 Å². The highest BCUT2D eigenvalue weighted by molar-refractivity contribution is 6.31. The highest BCUT2D eigenvalue weighted by Gasteiger charge is 2.02. The van der Waals surface area contributed by atoms with E-state index in [-0.39, 0.29) is 0 Å². The van der Waals surface area contributed by atoms with Gasteiger partial charge in [-0.1, -0.05) is 29.3 Å². The van der Waals surface area contributed by atoms with Gasteiger partial charge in [0.15, 0.2) is 0 Å². The van der Waals surface area contributed by atoms with Crippen LogP contribution in [0, 0.1) is 0 Å². The van der Waals surface area contributed by atoms with E-state index in [1.54, 1.807) is 30.6 Å². The topological polar surface area (TPSA) is 48.1 Å². The average molecular weight is 269 g/mol. The molecule has 0 radical (unpaired) electrons. The molecule has 1 aromatic carbocycles. The van der Waals surface area contributed by atoms with E-state index in [0.717, 1.165) is 5.56 Å². The standard InChI is InChI=1S/C12H10Cl2N2O/c13-9-2-1-8(12(15)4-9)7-17-11-3-10(14)5-16-6-11/h1-6H,7,15H2. The van der Waals surface area contributed by atoms with Crippen LogP contribution in [-0.2, 0) is 6.61 Å². The molecule has 88 valence electrons. The van der Waals surface area contributed by atoms with Crippen molar-refractivity contribution in [2.45, 2.75) is 6.61 Å². The third-order valence-corrected chi connectivity index (χ3v) is 2.62. The van der Waals surface area contributed by atoms with Crippen molar-refractivity contribution in [1.29, 1.82) is 0 Å². The van der Waals surface area contributed by atoms with Crippen LogP contribution in [0.1, 0.15) is 5.56 Å². The minimum absolute atomic E-state index is 0.352. The van der Waals surface area contributed by atoms with Crippen molar-refractivity contribution in [2.75, 3.05) is 5.73 Å². The Labute approximate surface area is 109 Å². The van der Waals surface area contributed by atoms with E-state index in [1.807, 2.05) is 6.07 Å². The molecule has 2 rings (SSSR count). The van der Waals surface area contributed by atoms with Gasteiger partial charge in [-0.05, 0) is 12.1 Å². The van der Waals surface area contributed by atoms with Crippen molar-refractivity contribution in [3.8, 4) is 5.75 Å². The summed E-state index contributed by atoms with van der Waals surface area (Å²) in [5.41, 5.74) is 7.28. The number of ether oxygens (including phenoxy) is 1. The first-order valence-corrected chi connectivity index (χ1v) is 5.68. The number of aromatic nitrogens is 1. The van der Waals surface area contributed by atoms with Crippen LogP contribution in [0.25, 0.3) is 0 Å². The summed E-state index contributed by atoms with van der Waals surface area (Å²) in [6.07, 6.45) is 3.14. The Kier molecular flexibility index (Phi) is 3.71. The number of nitrogen functional groups attached to an aromatic ring is 1. The molecule has 1 aromatic heterocycles. The summed E-state index contributed by atoms with van der Waals surface area (Å²) in [6, 6.07) is 6.99. The highest BCUT2D eigenvalue weighted by atomic mass is 35.5. The second kappa shape index (κ2) is 5.25. The van der Waals surface area contributed by atoms with Crippen molar-refractivity contribution in [1.82, 2.24) is 4.98 Å². The number of pyridine rings is 1. The fourth-order valence-electron chi connectivity index (χ4n) is 1.33. The van der Waals surface area contributed by atoms with Crippen LogP contribution < -0.4 is 10.5 Å². The van der Waals surface area contributed by atoms with Crippen molar-refractivity contribution in [3.05, 3.63) is 52.3 Å². The van der Waals surface area contributed by atoms with Crippen LogP contribution in [0.5, 0.6) is 5.75 Å². The molecule has 0 fully saturated rings. The maximum atomic E-state index is 5.81. The summed E-state index contributed by atoms with van der Waals surface area (Å²) in [5, 5.41) is 1.14. The zero-order valence-electron chi connectivity index (χ0n) is 8.86. The molecule has 5 heteroatoms. The zero-order valence-corrected chi connectivity index (χ0v) is 10.4. The molecule has 0 atom stereocenters. The van der Waals surface area contributed by atoms with Gasteiger partial charge in [-0.15, -0.1) is 0 Å². The summed E-state index contributed by atoms with van der Waals surface area (Å²) in [7, 11) is 0. The van der Waals surface area contributed by atoms with E-state index in [1.165, 1.54) is 0 Å². The van der Waals surface area contributed by atoms with Gasteiger partial charge in [0.2, 0.25) is 0 Å². The van der Waals surface area contributed by atoms with Gasteiger partial charge in [-0.2, -0.15) is 0 Å². The van der Waals surface area contributed by atoms with Gasteiger partial charge in [-0.3, -0.25) is 4.98 Å². The van der Waals surface area contributed by atoms with Crippen LogP contribution in [0.3, 0.4) is 0 Å². The van der Waals surface area contributed by atoms with Gasteiger partial charge in [0, 0.05) is 28.5 Å². The van der Waals surface area contributed by atoms with Gasteiger partial charge in [0.25, 0.3) is 0 Å². The lowest BCUT2D eigenvalue weighted by molar-refractivity contribution is 0.305. The molecular formula is C12H10Cl2N2O. The Morgan fingerprint density at radius 2 is 1.94 bits per heavy atom. The summed E-state index contributed by atoms with van der Waals surface area (Å²) < 4.78 is 5.52. The summed E-state index contributed by atoms with van der Waals surface area (Å²) in [6.45, 7) is 0.352. The quantitative estimate of drug-likeness (QED) is 0.867. The number of anilines is 1. The zero-order chi connectivity index (χ0) is 12.3. The van der Waals surface area contributed by atoms with Gasteiger partial charge in [0.05, 0.1) is 11.2 Å². The van der Waals surface area contributed by atoms with Crippen molar-refractivity contribution >= 4 is 28.9 Å². The highest BCUT2D eigenvalue weighted by Crippen LogP contribution is 2.21. The molecule has 0 saturated heterocycles. The monoisotopic (exact) mass is 268 g/mol. The predicted octanol–water partition coefficient (Wildman–Crippen LogP) is 3.55. The van der Waals surface area contributed by atoms with Crippen molar-refractivity contribution in [3.63, 3.8) is 0 Å². The first-order chi connectivity index (χ1) is 8.15. The van der Waals surface area contributed by atoms with Crippen LogP contribution in [0.15, 0.2) is 36.7 Å². The number of halogens is 2. The fraction of sp³-hybridized carbons (Fsp3) is 0.0833. The number of benzene rings is 1. The van der Waals surface area contributed by atoms with E-state index < -0.39 is 0 Å². The Bertz CT molecular complexity index is 532. The molecule has 2 aromatic rings. The Balaban J connectivity index is 2.07. The minimum atomic E-state index is 0.352. The molecule has 17 heavy (non-hydrogen) atoms. The summed E-state index contributed by atoms with van der Waals surface area (Å²) in [4.78, 5) is 3.92. The Hall–Kier alpha value is -1.45. The van der Waals surface area contributed by atoms with Crippen LogP contribution in [0.4, 0.5) is 5.69 Å². The third kappa shape index (κ3) is 3.25. The van der Waals surface area contributed by atoms with E-state index in [4.69, 9.17) is 33.7 Å². The number of hydrogen-bond donors (Lipinski definition) is 1. The largest absolute Gasteiger partial charge is 0.487 e. The number of nitrogens with two attached hydrogens (primary N) is 1. The Morgan fingerprint density at radius 3 is 2.65 bits per heavy atom. The fourth-order valence-corrected chi connectivity index (χ4v) is 1.67. The molecule has 0 saturated carbocycles. The average Bonchev–Trinajstić information content (AvgIpc) is 2.28. The lowest BCUT2D eigenvalue weighted by Gasteiger charge is -2.08. The van der Waals surface area contributed by atoms with Gasteiger partial charge < -0.3 is 10.5 Å². The van der Waals surface area contributed by atoms with Crippen molar-refractivity contribution in [2.24, 2.45) is 0 Å². The van der Waals surface area contributed by atoms with Gasteiger partial charge in [0.1, 0.15) is 12.4 Å². The van der Waals surface area contributed by atoms with E-state index >= 15 is 0 Å². The first kappa shape index (κ1) is 12.0. The Morgan fingerprint density at radius 1 is 1.12 bits per heavy atom. The van der Waals surface area contributed by atoms with E-state index in [9.17, 15) is 0 Å². The lowest BCUT2D eigenvalue weighted by Crippen LogP contribution is -2.00. The number of hydrogen-bond acceptors (Lipinski definition) is 3. The normalized spacial score (nSPS) is 10.2. The lowest BCUT2D eigenvalue weighted by atomic mass is 10.2. The minimum Gasteiger partial charge on any atom is -0.487 e. The van der Waals surface area contributed by atoms with Crippen LogP contribution in [0.2, 0.25) is 10.0 Å². The molecule has 3 nitrogen and oxygen atoms in total. The molecule has 0 unspecified atom stereocenters. The molecule has 0 aliphatic rings. The third-order valence-electron chi connectivity index (χ3n) is 2.18. The maximum absolute atomic E-state index is 5.81. The summed E-state index contributed by atoms with van der Waals surface area (Å²) >= 11 is 11.6. The van der Waals surface area contributed by atoms with Crippen LogP contribution >= 0.6 is 23.2 Å². The second-order valence-corrected chi connectivity index (χ2v) is 4.34. The molecule has 0 spiro atoms. The molecule has 0 aliphatic heterocycles. The summed E-state index contributed by atoms with van der Waals surface area (Å²) in [5.74, 6) is 0.604. The predicted molar refractivity (Wildman–Crippen MR) is 69.4 cm³/mol. The van der Waals surface area contributed by atoms with Gasteiger partial charge in [-0.25, -0.2) is 0 Å². The SMILES string of the molecule is Nc1cc(Cl)ccc1COc1cncc(Cl)c1. The van der Waals surface area contributed by atoms with E-state index in [2.05, 4.69) is 4.98 Å². The molecule has 0 amide bonds. The van der Waals surface area contributed by atoms with E-state index in [0.29, 0.717) is 28.1 Å². The number of nitrogens with zero attached hydrogens (tertiary/aromatic N) is 1.